The SMILES string of the molecule is Cc1cc(C)c(S(=O)(=O)NC(Cc2c[nH]c3cc(F)ccc23)C(F)(F)F)c(C)c1. The number of hydrogen-bond acceptors (Lipinski definition) is 2. The van der Waals surface area contributed by atoms with Crippen LogP contribution in [0, 0.1) is 26.6 Å². The zero-order valence-corrected chi connectivity index (χ0v) is 16.8. The Balaban J connectivity index is 1.98. The fourth-order valence-electron chi connectivity index (χ4n) is 3.61. The van der Waals surface area contributed by atoms with Crippen molar-refractivity contribution in [3.05, 3.63) is 64.6 Å². The highest BCUT2D eigenvalue weighted by atomic mass is 32.2. The molecule has 156 valence electrons. The summed E-state index contributed by atoms with van der Waals surface area (Å²) in [6.07, 6.45) is -4.11. The molecule has 0 saturated carbocycles. The van der Waals surface area contributed by atoms with Crippen molar-refractivity contribution in [3.63, 3.8) is 0 Å². The van der Waals surface area contributed by atoms with Crippen LogP contribution in [0.15, 0.2) is 41.4 Å². The Morgan fingerprint density at radius 2 is 1.69 bits per heavy atom. The van der Waals surface area contributed by atoms with Crippen molar-refractivity contribution < 1.29 is 26.0 Å². The van der Waals surface area contributed by atoms with Crippen LogP contribution in [-0.4, -0.2) is 25.6 Å². The molecular formula is C20H20F4N2O2S. The van der Waals surface area contributed by atoms with Gasteiger partial charge < -0.3 is 4.98 Å². The lowest BCUT2D eigenvalue weighted by molar-refractivity contribution is -0.150. The molecule has 1 atom stereocenters. The number of hydrogen-bond donors (Lipinski definition) is 2. The Morgan fingerprint density at radius 1 is 1.07 bits per heavy atom. The minimum atomic E-state index is -4.82. The molecule has 0 spiro atoms. The van der Waals surface area contributed by atoms with E-state index in [1.807, 2.05) is 4.72 Å². The second-order valence-electron chi connectivity index (χ2n) is 7.15. The van der Waals surface area contributed by atoms with Gasteiger partial charge in [0, 0.05) is 17.1 Å². The van der Waals surface area contributed by atoms with Crippen LogP contribution in [0.3, 0.4) is 0 Å². The van der Waals surface area contributed by atoms with Crippen LogP contribution in [0.2, 0.25) is 0 Å². The molecule has 0 saturated heterocycles. The summed E-state index contributed by atoms with van der Waals surface area (Å²) in [4.78, 5) is 2.57. The number of H-pyrrole nitrogens is 1. The molecule has 0 bridgehead atoms. The van der Waals surface area contributed by atoms with E-state index in [4.69, 9.17) is 0 Å². The van der Waals surface area contributed by atoms with E-state index in [0.29, 0.717) is 22.0 Å². The molecule has 1 aromatic heterocycles. The lowest BCUT2D eigenvalue weighted by atomic mass is 10.1. The molecule has 1 heterocycles. The van der Waals surface area contributed by atoms with Crippen LogP contribution in [0.1, 0.15) is 22.3 Å². The average molecular weight is 428 g/mol. The molecule has 0 aliphatic carbocycles. The van der Waals surface area contributed by atoms with Gasteiger partial charge in [-0.15, -0.1) is 0 Å². The van der Waals surface area contributed by atoms with Gasteiger partial charge in [-0.1, -0.05) is 17.7 Å². The summed E-state index contributed by atoms with van der Waals surface area (Å²) in [5, 5.41) is 0.405. The number of fused-ring (bicyclic) bond motifs is 1. The van der Waals surface area contributed by atoms with Gasteiger partial charge in [-0.3, -0.25) is 0 Å². The van der Waals surface area contributed by atoms with Crippen molar-refractivity contribution in [3.8, 4) is 0 Å². The summed E-state index contributed by atoms with van der Waals surface area (Å²) in [5.41, 5.74) is 2.14. The summed E-state index contributed by atoms with van der Waals surface area (Å²) >= 11 is 0. The van der Waals surface area contributed by atoms with Gasteiger partial charge in [-0.05, 0) is 62.1 Å². The summed E-state index contributed by atoms with van der Waals surface area (Å²) in [6, 6.07) is 4.57. The van der Waals surface area contributed by atoms with Crippen molar-refractivity contribution >= 4 is 20.9 Å². The van der Waals surface area contributed by atoms with E-state index in [2.05, 4.69) is 4.98 Å². The minimum Gasteiger partial charge on any atom is -0.361 e. The van der Waals surface area contributed by atoms with E-state index >= 15 is 0 Å². The van der Waals surface area contributed by atoms with Crippen LogP contribution >= 0.6 is 0 Å². The normalized spacial score (nSPS) is 13.8. The maximum Gasteiger partial charge on any atom is 0.405 e. The maximum atomic E-state index is 13.7. The van der Waals surface area contributed by atoms with E-state index in [0.717, 1.165) is 11.6 Å². The smallest absolute Gasteiger partial charge is 0.361 e. The number of aryl methyl sites for hydroxylation is 3. The summed E-state index contributed by atoms with van der Waals surface area (Å²) in [6.45, 7) is 4.87. The predicted molar refractivity (Wildman–Crippen MR) is 103 cm³/mol. The van der Waals surface area contributed by atoms with Crippen molar-refractivity contribution in [1.82, 2.24) is 9.71 Å². The Labute approximate surface area is 166 Å². The number of rotatable bonds is 5. The number of benzene rings is 2. The Morgan fingerprint density at radius 3 is 2.28 bits per heavy atom. The number of sulfonamides is 1. The standard InChI is InChI=1S/C20H20F4N2O2S/c1-11-6-12(2)19(13(3)7-11)29(27,28)26-18(20(22,23)24)8-14-10-25-17-9-15(21)4-5-16(14)17/h4-7,9-10,18,25-26H,8H2,1-3H3. The second-order valence-corrected chi connectivity index (χ2v) is 8.80. The first-order valence-electron chi connectivity index (χ1n) is 8.81. The molecular weight excluding hydrogens is 408 g/mol. The number of nitrogens with one attached hydrogen (secondary N) is 2. The third kappa shape index (κ3) is 4.45. The highest BCUT2D eigenvalue weighted by Crippen LogP contribution is 2.29. The monoisotopic (exact) mass is 428 g/mol. The number of aromatic amines is 1. The molecule has 29 heavy (non-hydrogen) atoms. The molecule has 0 aliphatic rings. The molecule has 3 aromatic rings. The molecule has 0 radical (unpaired) electrons. The quantitative estimate of drug-likeness (QED) is 0.580. The largest absolute Gasteiger partial charge is 0.405 e. The van der Waals surface area contributed by atoms with Crippen molar-refractivity contribution in [1.29, 1.82) is 0 Å². The highest BCUT2D eigenvalue weighted by Gasteiger charge is 2.43. The number of alkyl halides is 3. The van der Waals surface area contributed by atoms with E-state index in [9.17, 15) is 26.0 Å². The lowest BCUT2D eigenvalue weighted by Crippen LogP contribution is -2.47. The topological polar surface area (TPSA) is 62.0 Å². The predicted octanol–water partition coefficient (Wildman–Crippen LogP) is 4.68. The van der Waals surface area contributed by atoms with E-state index in [-0.39, 0.29) is 10.5 Å². The molecule has 4 nitrogen and oxygen atoms in total. The molecule has 0 fully saturated rings. The fourth-order valence-corrected chi connectivity index (χ4v) is 5.28. The van der Waals surface area contributed by atoms with Gasteiger partial charge in [0.25, 0.3) is 0 Å². The van der Waals surface area contributed by atoms with E-state index < -0.39 is 34.5 Å². The lowest BCUT2D eigenvalue weighted by Gasteiger charge is -2.23. The van der Waals surface area contributed by atoms with Crippen LogP contribution in [0.5, 0.6) is 0 Å². The van der Waals surface area contributed by atoms with Gasteiger partial charge in [-0.25, -0.2) is 12.8 Å². The van der Waals surface area contributed by atoms with Crippen molar-refractivity contribution in [2.75, 3.05) is 0 Å². The Hall–Kier alpha value is -2.39. The van der Waals surface area contributed by atoms with Crippen LogP contribution in [-0.2, 0) is 16.4 Å². The third-order valence-corrected chi connectivity index (χ3v) is 6.50. The van der Waals surface area contributed by atoms with Gasteiger partial charge in [0.1, 0.15) is 11.9 Å². The summed E-state index contributed by atoms with van der Waals surface area (Å²) in [5.74, 6) is -0.524. The second kappa shape index (κ2) is 7.46. The first-order valence-corrected chi connectivity index (χ1v) is 10.3. The van der Waals surface area contributed by atoms with Gasteiger partial charge in [-0.2, -0.15) is 17.9 Å². The Bertz CT molecular complexity index is 1140. The van der Waals surface area contributed by atoms with Gasteiger partial charge in [0.05, 0.1) is 4.90 Å². The molecule has 2 N–H and O–H groups in total. The van der Waals surface area contributed by atoms with Gasteiger partial charge in [0.2, 0.25) is 10.0 Å². The number of aromatic nitrogens is 1. The molecule has 3 rings (SSSR count). The van der Waals surface area contributed by atoms with E-state index in [1.54, 1.807) is 32.9 Å². The van der Waals surface area contributed by atoms with Crippen LogP contribution in [0.4, 0.5) is 17.6 Å². The van der Waals surface area contributed by atoms with Crippen molar-refractivity contribution in [2.45, 2.75) is 44.3 Å². The first-order chi connectivity index (χ1) is 13.4. The third-order valence-electron chi connectivity index (χ3n) is 4.72. The summed E-state index contributed by atoms with van der Waals surface area (Å²) in [7, 11) is -4.42. The zero-order chi connectivity index (χ0) is 21.6. The van der Waals surface area contributed by atoms with Crippen LogP contribution < -0.4 is 4.72 Å². The molecule has 1 unspecified atom stereocenters. The highest BCUT2D eigenvalue weighted by molar-refractivity contribution is 7.89. The Kier molecular flexibility index (Phi) is 5.48. The maximum absolute atomic E-state index is 13.7. The van der Waals surface area contributed by atoms with E-state index in [1.165, 1.54) is 18.3 Å². The molecule has 0 aliphatic heterocycles. The molecule has 2 aromatic carbocycles. The molecule has 0 amide bonds. The fraction of sp³-hybridized carbons (Fsp3) is 0.300. The minimum absolute atomic E-state index is 0.154. The first kappa shape index (κ1) is 21.3. The van der Waals surface area contributed by atoms with Crippen LogP contribution in [0.25, 0.3) is 10.9 Å². The summed E-state index contributed by atoms with van der Waals surface area (Å²) < 4.78 is 81.8. The van der Waals surface area contributed by atoms with Gasteiger partial charge >= 0.3 is 6.18 Å². The number of halogens is 4. The average Bonchev–Trinajstić information content (AvgIpc) is 2.93. The zero-order valence-electron chi connectivity index (χ0n) is 16.0. The van der Waals surface area contributed by atoms with Gasteiger partial charge in [0.15, 0.2) is 0 Å². The van der Waals surface area contributed by atoms with Crippen molar-refractivity contribution in [2.24, 2.45) is 0 Å². The molecule has 9 heteroatoms.